The highest BCUT2D eigenvalue weighted by Gasteiger charge is 2.07. The fraction of sp³-hybridized carbons (Fsp3) is 0.158. The first-order valence-corrected chi connectivity index (χ1v) is 8.56. The van der Waals surface area contributed by atoms with Crippen LogP contribution in [0.4, 0.5) is 15.9 Å². The van der Waals surface area contributed by atoms with Gasteiger partial charge in [0, 0.05) is 24.0 Å². The van der Waals surface area contributed by atoms with E-state index in [2.05, 4.69) is 15.7 Å². The highest BCUT2D eigenvalue weighted by molar-refractivity contribution is 7.80. The molecule has 6 nitrogen and oxygen atoms in total. The van der Waals surface area contributed by atoms with Gasteiger partial charge in [0.1, 0.15) is 5.82 Å². The molecule has 0 bridgehead atoms. The molecule has 1 heterocycles. The zero-order valence-electron chi connectivity index (χ0n) is 14.9. The average Bonchev–Trinajstić information content (AvgIpc) is 3.10. The summed E-state index contributed by atoms with van der Waals surface area (Å²) in [5.74, 6) is 1.60. The summed E-state index contributed by atoms with van der Waals surface area (Å²) in [5.41, 5.74) is 1.72. The van der Waals surface area contributed by atoms with Gasteiger partial charge in [-0.2, -0.15) is 5.10 Å². The van der Waals surface area contributed by atoms with E-state index in [4.69, 9.17) is 21.7 Å². The van der Waals surface area contributed by atoms with Crippen molar-refractivity contribution in [3.63, 3.8) is 0 Å². The Labute approximate surface area is 161 Å². The van der Waals surface area contributed by atoms with Crippen molar-refractivity contribution in [3.05, 3.63) is 66.1 Å². The predicted octanol–water partition coefficient (Wildman–Crippen LogP) is 3.90. The molecule has 3 aromatic rings. The van der Waals surface area contributed by atoms with Crippen molar-refractivity contribution in [1.82, 2.24) is 9.78 Å². The van der Waals surface area contributed by atoms with Crippen molar-refractivity contribution >= 4 is 28.8 Å². The molecule has 0 saturated heterocycles. The van der Waals surface area contributed by atoms with Gasteiger partial charge in [0.15, 0.2) is 22.4 Å². The number of anilines is 2. The first-order valence-electron chi connectivity index (χ1n) is 8.15. The maximum Gasteiger partial charge on any atom is 0.176 e. The second-order valence-electron chi connectivity index (χ2n) is 5.67. The molecule has 27 heavy (non-hydrogen) atoms. The second kappa shape index (κ2) is 8.50. The topological polar surface area (TPSA) is 60.3 Å². The molecule has 2 N–H and O–H groups in total. The van der Waals surface area contributed by atoms with E-state index >= 15 is 0 Å². The maximum absolute atomic E-state index is 13.0. The molecule has 2 aromatic carbocycles. The Balaban J connectivity index is 1.60. The molecule has 140 valence electrons. The van der Waals surface area contributed by atoms with E-state index < -0.39 is 0 Å². The summed E-state index contributed by atoms with van der Waals surface area (Å²) >= 11 is 5.33. The van der Waals surface area contributed by atoms with Gasteiger partial charge in [-0.3, -0.25) is 4.68 Å². The lowest BCUT2D eigenvalue weighted by Crippen LogP contribution is -2.19. The van der Waals surface area contributed by atoms with E-state index in [0.29, 0.717) is 29.0 Å². The number of benzene rings is 2. The number of methoxy groups -OCH3 is 2. The van der Waals surface area contributed by atoms with Crippen molar-refractivity contribution in [2.24, 2.45) is 0 Å². The molecule has 0 aliphatic rings. The Morgan fingerprint density at radius 1 is 1.04 bits per heavy atom. The lowest BCUT2D eigenvalue weighted by atomic mass is 10.2. The lowest BCUT2D eigenvalue weighted by molar-refractivity contribution is 0.355. The van der Waals surface area contributed by atoms with Crippen LogP contribution < -0.4 is 20.1 Å². The molecule has 0 aliphatic heterocycles. The Kier molecular flexibility index (Phi) is 5.87. The van der Waals surface area contributed by atoms with E-state index in [0.717, 1.165) is 11.3 Å². The Bertz CT molecular complexity index is 928. The number of halogens is 1. The minimum Gasteiger partial charge on any atom is -0.493 e. The smallest absolute Gasteiger partial charge is 0.176 e. The number of nitrogens with one attached hydrogen (secondary N) is 2. The molecule has 0 spiro atoms. The Hall–Kier alpha value is -3.13. The molecule has 8 heteroatoms. The number of hydrogen-bond donors (Lipinski definition) is 2. The van der Waals surface area contributed by atoms with Crippen LogP contribution in [0.5, 0.6) is 11.5 Å². The van der Waals surface area contributed by atoms with Gasteiger partial charge < -0.3 is 20.1 Å². The fourth-order valence-electron chi connectivity index (χ4n) is 2.49. The van der Waals surface area contributed by atoms with Crippen molar-refractivity contribution in [2.75, 3.05) is 24.9 Å². The van der Waals surface area contributed by atoms with E-state index in [1.165, 1.54) is 12.1 Å². The van der Waals surface area contributed by atoms with E-state index in [1.54, 1.807) is 43.2 Å². The van der Waals surface area contributed by atoms with Gasteiger partial charge in [0.2, 0.25) is 0 Å². The molecule has 1 aromatic heterocycles. The Morgan fingerprint density at radius 3 is 2.48 bits per heavy atom. The summed E-state index contributed by atoms with van der Waals surface area (Å²) in [6, 6.07) is 13.6. The summed E-state index contributed by atoms with van der Waals surface area (Å²) in [6.07, 6.45) is 1.82. The number of aromatic nitrogens is 2. The highest BCUT2D eigenvalue weighted by atomic mass is 32.1. The van der Waals surface area contributed by atoms with Gasteiger partial charge in [-0.05, 0) is 42.0 Å². The molecule has 0 amide bonds. The Morgan fingerprint density at radius 2 is 1.78 bits per heavy atom. The normalized spacial score (nSPS) is 10.3. The molecule has 0 atom stereocenters. The van der Waals surface area contributed by atoms with Crippen LogP contribution in [-0.2, 0) is 6.54 Å². The van der Waals surface area contributed by atoms with E-state index in [-0.39, 0.29) is 5.82 Å². The van der Waals surface area contributed by atoms with Gasteiger partial charge >= 0.3 is 0 Å². The average molecular weight is 386 g/mol. The van der Waals surface area contributed by atoms with Crippen molar-refractivity contribution in [3.8, 4) is 11.5 Å². The van der Waals surface area contributed by atoms with Gasteiger partial charge in [-0.15, -0.1) is 0 Å². The fourth-order valence-corrected chi connectivity index (χ4v) is 2.71. The van der Waals surface area contributed by atoms with Crippen LogP contribution in [0.3, 0.4) is 0 Å². The molecule has 0 saturated carbocycles. The van der Waals surface area contributed by atoms with Crippen molar-refractivity contribution in [2.45, 2.75) is 6.54 Å². The van der Waals surface area contributed by atoms with Gasteiger partial charge in [-0.25, -0.2) is 4.39 Å². The van der Waals surface area contributed by atoms with Gasteiger partial charge in [0.25, 0.3) is 0 Å². The number of hydrogen-bond acceptors (Lipinski definition) is 4. The number of rotatable bonds is 6. The van der Waals surface area contributed by atoms with Crippen LogP contribution in [0.1, 0.15) is 5.56 Å². The molecular weight excluding hydrogens is 367 g/mol. The third kappa shape index (κ3) is 4.95. The summed E-state index contributed by atoms with van der Waals surface area (Å²) < 4.78 is 25.2. The predicted molar refractivity (Wildman–Crippen MR) is 107 cm³/mol. The van der Waals surface area contributed by atoms with Gasteiger partial charge in [-0.1, -0.05) is 12.1 Å². The minimum atomic E-state index is -0.256. The molecule has 3 rings (SSSR count). The first kappa shape index (κ1) is 18.7. The van der Waals surface area contributed by atoms with Crippen LogP contribution in [-0.4, -0.2) is 29.1 Å². The second-order valence-corrected chi connectivity index (χ2v) is 6.08. The molecule has 0 aliphatic carbocycles. The molecular formula is C19H19FN4O2S. The lowest BCUT2D eigenvalue weighted by Gasteiger charge is -2.12. The largest absolute Gasteiger partial charge is 0.493 e. The van der Waals surface area contributed by atoms with Crippen LogP contribution in [0.15, 0.2) is 54.7 Å². The summed E-state index contributed by atoms with van der Waals surface area (Å²) in [6.45, 7) is 0.540. The number of thiocarbonyl (C=S) groups is 1. The summed E-state index contributed by atoms with van der Waals surface area (Å²) in [5, 5.41) is 10.9. The molecule has 0 radical (unpaired) electrons. The van der Waals surface area contributed by atoms with Crippen LogP contribution in [0, 0.1) is 5.82 Å². The third-order valence-corrected chi connectivity index (χ3v) is 3.99. The third-order valence-electron chi connectivity index (χ3n) is 3.78. The highest BCUT2D eigenvalue weighted by Crippen LogP contribution is 2.29. The quantitative estimate of drug-likeness (QED) is 0.627. The summed E-state index contributed by atoms with van der Waals surface area (Å²) in [7, 11) is 3.16. The number of ether oxygens (including phenoxy) is 2. The minimum absolute atomic E-state index is 0.256. The SMILES string of the molecule is COc1ccc(NC(=S)Nc2ccn(Cc3ccc(F)cc3)n2)cc1OC. The van der Waals surface area contributed by atoms with E-state index in [9.17, 15) is 4.39 Å². The molecule has 0 fully saturated rings. The summed E-state index contributed by atoms with van der Waals surface area (Å²) in [4.78, 5) is 0. The first-order chi connectivity index (χ1) is 13.1. The molecule has 0 unspecified atom stereocenters. The van der Waals surface area contributed by atoms with Crippen molar-refractivity contribution < 1.29 is 13.9 Å². The van der Waals surface area contributed by atoms with Crippen LogP contribution >= 0.6 is 12.2 Å². The number of nitrogens with zero attached hydrogens (tertiary/aromatic N) is 2. The van der Waals surface area contributed by atoms with Gasteiger partial charge in [0.05, 0.1) is 20.8 Å². The maximum atomic E-state index is 13.0. The zero-order chi connectivity index (χ0) is 19.2. The standard InChI is InChI=1S/C19H19FN4O2S/c1-25-16-8-7-15(11-17(16)26-2)21-19(27)22-18-9-10-24(23-18)12-13-3-5-14(20)6-4-13/h3-11H,12H2,1-2H3,(H2,21,22,23,27). The monoisotopic (exact) mass is 386 g/mol. The van der Waals surface area contributed by atoms with Crippen LogP contribution in [0.2, 0.25) is 0 Å². The zero-order valence-corrected chi connectivity index (χ0v) is 15.7. The van der Waals surface area contributed by atoms with E-state index in [1.807, 2.05) is 18.3 Å². The van der Waals surface area contributed by atoms with Crippen LogP contribution in [0.25, 0.3) is 0 Å². The van der Waals surface area contributed by atoms with Crippen molar-refractivity contribution in [1.29, 1.82) is 0 Å².